The van der Waals surface area contributed by atoms with Gasteiger partial charge in [0.2, 0.25) is 0 Å². The standard InChI is InChI=1S/C15H20N2O3/c1-9-4-3-5-12(9)16-15(20)17-13-7-6-11(14(18)19)8-10(13)2/h6-9,12H,3-5H2,1-2H3,(H,18,19)(H2,16,17,20). The number of carboxylic acids is 1. The average Bonchev–Trinajstić information content (AvgIpc) is 2.77. The van der Waals surface area contributed by atoms with Crippen LogP contribution in [-0.4, -0.2) is 23.1 Å². The number of anilines is 1. The predicted molar refractivity (Wildman–Crippen MR) is 77.1 cm³/mol. The molecule has 0 aliphatic heterocycles. The summed E-state index contributed by atoms with van der Waals surface area (Å²) in [6, 6.07) is 4.67. The molecular weight excluding hydrogens is 256 g/mol. The van der Waals surface area contributed by atoms with E-state index in [1.54, 1.807) is 19.1 Å². The average molecular weight is 276 g/mol. The first-order valence-corrected chi connectivity index (χ1v) is 6.89. The SMILES string of the molecule is Cc1cc(C(=O)O)ccc1NC(=O)NC1CCCC1C. The summed E-state index contributed by atoms with van der Waals surface area (Å²) < 4.78 is 0. The van der Waals surface area contributed by atoms with Crippen molar-refractivity contribution in [1.82, 2.24) is 5.32 Å². The fraction of sp³-hybridized carbons (Fsp3) is 0.467. The highest BCUT2D eigenvalue weighted by Crippen LogP contribution is 2.25. The minimum Gasteiger partial charge on any atom is -0.478 e. The van der Waals surface area contributed by atoms with Crippen LogP contribution in [0.25, 0.3) is 0 Å². The van der Waals surface area contributed by atoms with Crippen molar-refractivity contribution >= 4 is 17.7 Å². The molecule has 0 saturated heterocycles. The van der Waals surface area contributed by atoms with Crippen molar-refractivity contribution in [2.75, 3.05) is 5.32 Å². The van der Waals surface area contributed by atoms with Crippen LogP contribution in [-0.2, 0) is 0 Å². The van der Waals surface area contributed by atoms with E-state index in [1.807, 2.05) is 0 Å². The van der Waals surface area contributed by atoms with Gasteiger partial charge in [0.25, 0.3) is 0 Å². The lowest BCUT2D eigenvalue weighted by Crippen LogP contribution is -2.39. The number of hydrogen-bond donors (Lipinski definition) is 3. The van der Waals surface area contributed by atoms with Crippen LogP contribution in [0.5, 0.6) is 0 Å². The fourth-order valence-corrected chi connectivity index (χ4v) is 2.62. The first-order valence-electron chi connectivity index (χ1n) is 6.89. The Kier molecular flexibility index (Phi) is 4.27. The molecule has 0 radical (unpaired) electrons. The van der Waals surface area contributed by atoms with E-state index in [2.05, 4.69) is 17.6 Å². The number of urea groups is 1. The summed E-state index contributed by atoms with van der Waals surface area (Å²) in [5, 5.41) is 14.7. The quantitative estimate of drug-likeness (QED) is 0.794. The lowest BCUT2D eigenvalue weighted by Gasteiger charge is -2.18. The Morgan fingerprint density at radius 2 is 2.05 bits per heavy atom. The molecule has 1 aromatic carbocycles. The first-order chi connectivity index (χ1) is 9.47. The number of rotatable bonds is 3. The Hall–Kier alpha value is -2.04. The molecule has 2 rings (SSSR count). The smallest absolute Gasteiger partial charge is 0.335 e. The molecule has 108 valence electrons. The molecule has 0 spiro atoms. The third-order valence-electron chi connectivity index (χ3n) is 3.90. The highest BCUT2D eigenvalue weighted by Gasteiger charge is 2.24. The molecule has 0 aromatic heterocycles. The van der Waals surface area contributed by atoms with Gasteiger partial charge in [-0.1, -0.05) is 13.3 Å². The molecule has 2 atom stereocenters. The van der Waals surface area contributed by atoms with Crippen LogP contribution in [0.2, 0.25) is 0 Å². The Balaban J connectivity index is 1.99. The minimum absolute atomic E-state index is 0.220. The summed E-state index contributed by atoms with van der Waals surface area (Å²) in [5.41, 5.74) is 1.59. The van der Waals surface area contributed by atoms with Gasteiger partial charge in [0.1, 0.15) is 0 Å². The van der Waals surface area contributed by atoms with Gasteiger partial charge in [0, 0.05) is 11.7 Å². The number of aryl methyl sites for hydroxylation is 1. The van der Waals surface area contributed by atoms with Crippen LogP contribution < -0.4 is 10.6 Å². The van der Waals surface area contributed by atoms with E-state index in [0.717, 1.165) is 24.8 Å². The van der Waals surface area contributed by atoms with Crippen LogP contribution >= 0.6 is 0 Å². The van der Waals surface area contributed by atoms with Crippen LogP contribution in [0, 0.1) is 12.8 Å². The van der Waals surface area contributed by atoms with Gasteiger partial charge in [-0.3, -0.25) is 0 Å². The number of aromatic carboxylic acids is 1. The first kappa shape index (κ1) is 14.4. The maximum absolute atomic E-state index is 11.9. The zero-order valence-electron chi connectivity index (χ0n) is 11.8. The summed E-state index contributed by atoms with van der Waals surface area (Å²) in [6.45, 7) is 3.92. The van der Waals surface area contributed by atoms with Gasteiger partial charge in [-0.05, 0) is 49.4 Å². The van der Waals surface area contributed by atoms with Crippen molar-refractivity contribution in [3.8, 4) is 0 Å². The molecule has 1 aromatic rings. The molecule has 3 N–H and O–H groups in total. The Morgan fingerprint density at radius 3 is 2.60 bits per heavy atom. The van der Waals surface area contributed by atoms with Gasteiger partial charge < -0.3 is 15.7 Å². The van der Waals surface area contributed by atoms with E-state index < -0.39 is 5.97 Å². The topological polar surface area (TPSA) is 78.4 Å². The highest BCUT2D eigenvalue weighted by atomic mass is 16.4. The molecule has 1 aliphatic rings. The molecule has 20 heavy (non-hydrogen) atoms. The second-order valence-corrected chi connectivity index (χ2v) is 5.45. The second kappa shape index (κ2) is 5.94. The van der Waals surface area contributed by atoms with Crippen molar-refractivity contribution in [2.45, 2.75) is 39.2 Å². The molecule has 2 amide bonds. The zero-order valence-corrected chi connectivity index (χ0v) is 11.8. The van der Waals surface area contributed by atoms with Crippen molar-refractivity contribution in [3.63, 3.8) is 0 Å². The molecule has 1 fully saturated rings. The lowest BCUT2D eigenvalue weighted by atomic mass is 10.1. The van der Waals surface area contributed by atoms with Gasteiger partial charge in [-0.2, -0.15) is 0 Å². The second-order valence-electron chi connectivity index (χ2n) is 5.45. The van der Waals surface area contributed by atoms with Gasteiger partial charge in [-0.15, -0.1) is 0 Å². The van der Waals surface area contributed by atoms with Gasteiger partial charge in [0.15, 0.2) is 0 Å². The number of carbonyl (C=O) groups excluding carboxylic acids is 1. The largest absolute Gasteiger partial charge is 0.478 e. The van der Waals surface area contributed by atoms with E-state index >= 15 is 0 Å². The Morgan fingerprint density at radius 1 is 1.30 bits per heavy atom. The number of amides is 2. The molecule has 2 unspecified atom stereocenters. The third-order valence-corrected chi connectivity index (χ3v) is 3.90. The number of benzene rings is 1. The summed E-state index contributed by atoms with van der Waals surface area (Å²) in [5.74, 6) is -0.458. The van der Waals surface area contributed by atoms with Crippen molar-refractivity contribution in [1.29, 1.82) is 0 Å². The molecule has 5 nitrogen and oxygen atoms in total. The molecule has 1 aliphatic carbocycles. The summed E-state index contributed by atoms with van der Waals surface area (Å²) >= 11 is 0. The van der Waals surface area contributed by atoms with E-state index in [4.69, 9.17) is 5.11 Å². The molecule has 5 heteroatoms. The van der Waals surface area contributed by atoms with Gasteiger partial charge in [-0.25, -0.2) is 9.59 Å². The monoisotopic (exact) mass is 276 g/mol. The maximum Gasteiger partial charge on any atom is 0.335 e. The molecule has 0 heterocycles. The number of carbonyl (C=O) groups is 2. The molecule has 0 bridgehead atoms. The van der Waals surface area contributed by atoms with E-state index in [9.17, 15) is 9.59 Å². The van der Waals surface area contributed by atoms with Crippen molar-refractivity contribution in [2.24, 2.45) is 5.92 Å². The summed E-state index contributed by atoms with van der Waals surface area (Å²) in [6.07, 6.45) is 3.32. The zero-order chi connectivity index (χ0) is 14.7. The van der Waals surface area contributed by atoms with Crippen molar-refractivity contribution < 1.29 is 14.7 Å². The third kappa shape index (κ3) is 3.29. The van der Waals surface area contributed by atoms with Gasteiger partial charge >= 0.3 is 12.0 Å². The van der Waals surface area contributed by atoms with Crippen LogP contribution in [0.15, 0.2) is 18.2 Å². The van der Waals surface area contributed by atoms with Gasteiger partial charge in [0.05, 0.1) is 5.56 Å². The van der Waals surface area contributed by atoms with E-state index in [1.165, 1.54) is 6.07 Å². The van der Waals surface area contributed by atoms with Crippen molar-refractivity contribution in [3.05, 3.63) is 29.3 Å². The number of nitrogens with one attached hydrogen (secondary N) is 2. The Labute approximate surface area is 118 Å². The normalized spacial score (nSPS) is 21.5. The summed E-state index contributed by atoms with van der Waals surface area (Å²) in [4.78, 5) is 22.8. The Bertz CT molecular complexity index is 528. The van der Waals surface area contributed by atoms with E-state index in [-0.39, 0.29) is 17.6 Å². The maximum atomic E-state index is 11.9. The predicted octanol–water partition coefficient (Wildman–Crippen LogP) is 3.00. The minimum atomic E-state index is -0.969. The van der Waals surface area contributed by atoms with Crippen LogP contribution in [0.3, 0.4) is 0 Å². The summed E-state index contributed by atoms with van der Waals surface area (Å²) in [7, 11) is 0. The fourth-order valence-electron chi connectivity index (χ4n) is 2.62. The lowest BCUT2D eigenvalue weighted by molar-refractivity contribution is 0.0697. The van der Waals surface area contributed by atoms with Crippen LogP contribution in [0.4, 0.5) is 10.5 Å². The number of hydrogen-bond acceptors (Lipinski definition) is 2. The molecule has 1 saturated carbocycles. The number of carboxylic acid groups (broad SMARTS) is 1. The van der Waals surface area contributed by atoms with E-state index in [0.29, 0.717) is 11.6 Å². The highest BCUT2D eigenvalue weighted by molar-refractivity contribution is 5.92. The van der Waals surface area contributed by atoms with Crippen LogP contribution in [0.1, 0.15) is 42.1 Å². The molecular formula is C15H20N2O3.